The molecule has 1 aromatic carbocycles. The monoisotopic (exact) mass is 296 g/mol. The molecule has 0 aliphatic heterocycles. The molecule has 0 aliphatic carbocycles. The van der Waals surface area contributed by atoms with E-state index in [1.165, 1.54) is 6.92 Å². The van der Waals surface area contributed by atoms with Gasteiger partial charge in [0.2, 0.25) is 11.8 Å². The fourth-order valence-electron chi connectivity index (χ4n) is 1.76. The fraction of sp³-hybridized carbons (Fsp3) is 0.467. The molecule has 1 aromatic rings. The number of unbranched alkanes of at least 4 members (excludes halogenated alkanes) is 1. The summed E-state index contributed by atoms with van der Waals surface area (Å²) in [6, 6.07) is 7.36. The molecule has 0 bridgehead atoms. The van der Waals surface area contributed by atoms with Crippen LogP contribution in [0.4, 0.5) is 0 Å². The zero-order valence-electron chi connectivity index (χ0n) is 12.0. The Labute approximate surface area is 125 Å². The van der Waals surface area contributed by atoms with Crippen molar-refractivity contribution in [2.24, 2.45) is 0 Å². The van der Waals surface area contributed by atoms with Crippen LogP contribution in [-0.2, 0) is 16.1 Å². The molecule has 0 aliphatic rings. The first-order valence-corrected chi connectivity index (χ1v) is 7.18. The number of nitrogens with one attached hydrogen (secondary N) is 1. The van der Waals surface area contributed by atoms with E-state index < -0.39 is 0 Å². The Bertz CT molecular complexity index is 463. The summed E-state index contributed by atoms with van der Waals surface area (Å²) in [7, 11) is 0. The molecule has 0 radical (unpaired) electrons. The second-order valence-electron chi connectivity index (χ2n) is 4.66. The maximum absolute atomic E-state index is 11.9. The van der Waals surface area contributed by atoms with Gasteiger partial charge in [0.1, 0.15) is 0 Å². The van der Waals surface area contributed by atoms with Gasteiger partial charge in [-0.1, -0.05) is 43.1 Å². The first-order chi connectivity index (χ1) is 9.54. The molecular formula is C15H21ClN2O2. The molecule has 2 amide bonds. The smallest absolute Gasteiger partial charge is 0.239 e. The molecular weight excluding hydrogens is 276 g/mol. The number of halogens is 1. The van der Waals surface area contributed by atoms with Crippen molar-refractivity contribution in [3.8, 4) is 0 Å². The van der Waals surface area contributed by atoms with Gasteiger partial charge in [-0.25, -0.2) is 0 Å². The standard InChI is InChI=1S/C15H21ClN2O2/c1-3-4-9-18(12(2)19)11-15(20)17-10-13-7-5-6-8-14(13)16/h5-8H,3-4,9-11H2,1-2H3,(H,17,20). The van der Waals surface area contributed by atoms with Crippen LogP contribution in [0.25, 0.3) is 0 Å². The Morgan fingerprint density at radius 3 is 2.60 bits per heavy atom. The number of amides is 2. The molecule has 5 heteroatoms. The second-order valence-corrected chi connectivity index (χ2v) is 5.07. The normalized spacial score (nSPS) is 10.2. The third kappa shape index (κ3) is 5.61. The van der Waals surface area contributed by atoms with E-state index in [2.05, 4.69) is 12.2 Å². The minimum Gasteiger partial charge on any atom is -0.350 e. The van der Waals surface area contributed by atoms with Gasteiger partial charge < -0.3 is 10.2 Å². The van der Waals surface area contributed by atoms with Crippen molar-refractivity contribution >= 4 is 23.4 Å². The van der Waals surface area contributed by atoms with Crippen molar-refractivity contribution in [2.45, 2.75) is 33.2 Å². The van der Waals surface area contributed by atoms with Gasteiger partial charge in [-0.2, -0.15) is 0 Å². The van der Waals surface area contributed by atoms with Crippen LogP contribution in [-0.4, -0.2) is 29.8 Å². The Balaban J connectivity index is 2.46. The van der Waals surface area contributed by atoms with Crippen LogP contribution in [0.1, 0.15) is 32.3 Å². The summed E-state index contributed by atoms with van der Waals surface area (Å²) >= 11 is 6.02. The van der Waals surface area contributed by atoms with Gasteiger partial charge in [0, 0.05) is 25.0 Å². The summed E-state index contributed by atoms with van der Waals surface area (Å²) in [5.74, 6) is -0.248. The first kappa shape index (κ1) is 16.5. The highest BCUT2D eigenvalue weighted by Crippen LogP contribution is 2.14. The Morgan fingerprint density at radius 2 is 2.00 bits per heavy atom. The summed E-state index contributed by atoms with van der Waals surface area (Å²) in [6.07, 6.45) is 1.89. The largest absolute Gasteiger partial charge is 0.350 e. The van der Waals surface area contributed by atoms with E-state index in [0.29, 0.717) is 18.1 Å². The molecule has 0 aromatic heterocycles. The number of benzene rings is 1. The SMILES string of the molecule is CCCCN(CC(=O)NCc1ccccc1Cl)C(C)=O. The lowest BCUT2D eigenvalue weighted by Gasteiger charge is -2.20. The molecule has 1 rings (SSSR count). The van der Waals surface area contributed by atoms with E-state index >= 15 is 0 Å². The van der Waals surface area contributed by atoms with E-state index in [9.17, 15) is 9.59 Å². The molecule has 0 spiro atoms. The van der Waals surface area contributed by atoms with E-state index in [0.717, 1.165) is 18.4 Å². The summed E-state index contributed by atoms with van der Waals surface area (Å²) in [5.41, 5.74) is 0.866. The van der Waals surface area contributed by atoms with Crippen molar-refractivity contribution in [1.29, 1.82) is 0 Å². The lowest BCUT2D eigenvalue weighted by atomic mass is 10.2. The van der Waals surface area contributed by atoms with E-state index in [1.807, 2.05) is 18.2 Å². The van der Waals surface area contributed by atoms with Crippen molar-refractivity contribution in [3.63, 3.8) is 0 Å². The number of nitrogens with zero attached hydrogens (tertiary/aromatic N) is 1. The Morgan fingerprint density at radius 1 is 1.30 bits per heavy atom. The summed E-state index contributed by atoms with van der Waals surface area (Å²) in [5, 5.41) is 3.41. The molecule has 4 nitrogen and oxygen atoms in total. The summed E-state index contributed by atoms with van der Waals surface area (Å²) in [4.78, 5) is 24.9. The molecule has 0 saturated carbocycles. The van der Waals surface area contributed by atoms with Gasteiger partial charge in [0.15, 0.2) is 0 Å². The predicted molar refractivity (Wildman–Crippen MR) is 80.5 cm³/mol. The minimum absolute atomic E-state index is 0.0775. The van der Waals surface area contributed by atoms with Crippen LogP contribution in [0.5, 0.6) is 0 Å². The molecule has 0 unspecified atom stereocenters. The zero-order valence-corrected chi connectivity index (χ0v) is 12.7. The van der Waals surface area contributed by atoms with E-state index in [1.54, 1.807) is 11.0 Å². The van der Waals surface area contributed by atoms with Crippen LogP contribution in [0.2, 0.25) is 5.02 Å². The molecule has 110 valence electrons. The zero-order chi connectivity index (χ0) is 15.0. The second kappa shape index (κ2) is 8.59. The number of hydrogen-bond acceptors (Lipinski definition) is 2. The predicted octanol–water partition coefficient (Wildman–Crippen LogP) is 2.60. The van der Waals surface area contributed by atoms with Crippen molar-refractivity contribution < 1.29 is 9.59 Å². The van der Waals surface area contributed by atoms with Gasteiger partial charge in [-0.05, 0) is 18.1 Å². The van der Waals surface area contributed by atoms with Gasteiger partial charge in [-0.15, -0.1) is 0 Å². The van der Waals surface area contributed by atoms with Crippen molar-refractivity contribution in [1.82, 2.24) is 10.2 Å². The van der Waals surface area contributed by atoms with Crippen LogP contribution >= 0.6 is 11.6 Å². The van der Waals surface area contributed by atoms with Crippen LogP contribution in [0.3, 0.4) is 0 Å². The summed E-state index contributed by atoms with van der Waals surface area (Å²) in [6.45, 7) is 4.62. The van der Waals surface area contributed by atoms with Crippen LogP contribution in [0, 0.1) is 0 Å². The average molecular weight is 297 g/mol. The van der Waals surface area contributed by atoms with E-state index in [4.69, 9.17) is 11.6 Å². The number of hydrogen-bond donors (Lipinski definition) is 1. The van der Waals surface area contributed by atoms with Crippen LogP contribution in [0.15, 0.2) is 24.3 Å². The highest BCUT2D eigenvalue weighted by atomic mass is 35.5. The highest BCUT2D eigenvalue weighted by molar-refractivity contribution is 6.31. The number of carbonyl (C=O) groups is 2. The van der Waals surface area contributed by atoms with Gasteiger partial charge >= 0.3 is 0 Å². The maximum Gasteiger partial charge on any atom is 0.239 e. The minimum atomic E-state index is -0.170. The molecule has 20 heavy (non-hydrogen) atoms. The third-order valence-corrected chi connectivity index (χ3v) is 3.36. The first-order valence-electron chi connectivity index (χ1n) is 6.80. The Hall–Kier alpha value is -1.55. The lowest BCUT2D eigenvalue weighted by Crippen LogP contribution is -2.40. The van der Waals surface area contributed by atoms with Crippen LogP contribution < -0.4 is 5.32 Å². The lowest BCUT2D eigenvalue weighted by molar-refractivity contribution is -0.134. The topological polar surface area (TPSA) is 49.4 Å². The van der Waals surface area contributed by atoms with Gasteiger partial charge in [0.25, 0.3) is 0 Å². The van der Waals surface area contributed by atoms with Gasteiger partial charge in [0.05, 0.1) is 6.54 Å². The summed E-state index contributed by atoms with van der Waals surface area (Å²) < 4.78 is 0. The van der Waals surface area contributed by atoms with Crippen molar-refractivity contribution in [3.05, 3.63) is 34.9 Å². The highest BCUT2D eigenvalue weighted by Gasteiger charge is 2.12. The van der Waals surface area contributed by atoms with E-state index in [-0.39, 0.29) is 18.4 Å². The fourth-order valence-corrected chi connectivity index (χ4v) is 1.96. The van der Waals surface area contributed by atoms with Gasteiger partial charge in [-0.3, -0.25) is 9.59 Å². The maximum atomic E-state index is 11.9. The third-order valence-electron chi connectivity index (χ3n) is 3.00. The number of rotatable bonds is 7. The van der Waals surface area contributed by atoms with Crippen molar-refractivity contribution in [2.75, 3.05) is 13.1 Å². The molecule has 1 N–H and O–H groups in total. The average Bonchev–Trinajstić information content (AvgIpc) is 2.42. The quantitative estimate of drug-likeness (QED) is 0.841. The molecule has 0 heterocycles. The molecule has 0 fully saturated rings. The Kier molecular flexibility index (Phi) is 7.09. The molecule has 0 saturated heterocycles. The molecule has 0 atom stereocenters. The number of carbonyl (C=O) groups excluding carboxylic acids is 2.